The number of carboxylic acid groups (broad SMARTS) is 1. The van der Waals surface area contributed by atoms with Gasteiger partial charge in [-0.2, -0.15) is 0 Å². The molecule has 0 radical (unpaired) electrons. The molecule has 0 saturated heterocycles. The van der Waals surface area contributed by atoms with E-state index in [-0.39, 0.29) is 17.2 Å². The summed E-state index contributed by atoms with van der Waals surface area (Å²) in [5.41, 5.74) is 0.323. The van der Waals surface area contributed by atoms with Crippen molar-refractivity contribution in [2.75, 3.05) is 12.4 Å². The normalized spacial score (nSPS) is 9.89. The molecule has 1 aromatic carbocycles. The van der Waals surface area contributed by atoms with Crippen LogP contribution in [-0.2, 0) is 4.79 Å². The number of carbonyl (C=O) groups is 2. The minimum absolute atomic E-state index is 0.0562. The van der Waals surface area contributed by atoms with Crippen molar-refractivity contribution >= 4 is 17.6 Å². The van der Waals surface area contributed by atoms with E-state index < -0.39 is 5.97 Å². The molecule has 0 aromatic heterocycles. The summed E-state index contributed by atoms with van der Waals surface area (Å²) in [6, 6.07) is 4.47. The lowest BCUT2D eigenvalue weighted by Gasteiger charge is -2.10. The molecular weight excluding hydrogens is 234 g/mol. The fourth-order valence-corrected chi connectivity index (χ4v) is 1.49. The van der Waals surface area contributed by atoms with Crippen LogP contribution < -0.4 is 10.1 Å². The van der Waals surface area contributed by atoms with Gasteiger partial charge in [-0.15, -0.1) is 0 Å². The van der Waals surface area contributed by atoms with Crippen LogP contribution in [0.3, 0.4) is 0 Å². The Morgan fingerprint density at radius 3 is 2.67 bits per heavy atom. The van der Waals surface area contributed by atoms with Gasteiger partial charge < -0.3 is 15.2 Å². The van der Waals surface area contributed by atoms with Crippen molar-refractivity contribution in [2.24, 2.45) is 0 Å². The summed E-state index contributed by atoms with van der Waals surface area (Å²) in [4.78, 5) is 22.6. The lowest BCUT2D eigenvalue weighted by molar-refractivity contribution is -0.116. The average Bonchev–Trinajstić information content (AvgIpc) is 2.35. The molecular formula is C13H17NO4. The zero-order valence-corrected chi connectivity index (χ0v) is 10.5. The standard InChI is InChI=1S/C13H17NO4/c1-3-4-5-12(15)14-11-8-9(18-2)6-7-10(11)13(16)17/h6-8H,3-5H2,1-2H3,(H,14,15)(H,16,17). The Labute approximate surface area is 106 Å². The number of nitrogens with one attached hydrogen (secondary N) is 1. The van der Waals surface area contributed by atoms with Crippen molar-refractivity contribution < 1.29 is 19.4 Å². The minimum atomic E-state index is -1.08. The Bertz CT molecular complexity index is 443. The molecule has 0 unspecified atom stereocenters. The number of carboxylic acids is 1. The van der Waals surface area contributed by atoms with E-state index in [0.29, 0.717) is 12.2 Å². The lowest BCUT2D eigenvalue weighted by Crippen LogP contribution is -2.14. The highest BCUT2D eigenvalue weighted by Crippen LogP contribution is 2.22. The molecule has 1 aromatic rings. The summed E-state index contributed by atoms with van der Waals surface area (Å²) in [5.74, 6) is -0.762. The third kappa shape index (κ3) is 3.76. The largest absolute Gasteiger partial charge is 0.497 e. The molecule has 5 heteroatoms. The van der Waals surface area contributed by atoms with E-state index in [1.54, 1.807) is 6.07 Å². The second-order valence-electron chi connectivity index (χ2n) is 3.87. The van der Waals surface area contributed by atoms with Crippen molar-refractivity contribution in [1.29, 1.82) is 0 Å². The van der Waals surface area contributed by atoms with Crippen LogP contribution in [0.2, 0.25) is 0 Å². The molecule has 0 fully saturated rings. The molecule has 2 N–H and O–H groups in total. The summed E-state index contributed by atoms with van der Waals surface area (Å²) in [7, 11) is 1.48. The zero-order valence-electron chi connectivity index (χ0n) is 10.5. The number of hydrogen-bond donors (Lipinski definition) is 2. The minimum Gasteiger partial charge on any atom is -0.497 e. The third-order valence-electron chi connectivity index (χ3n) is 2.49. The van der Waals surface area contributed by atoms with Crippen LogP contribution >= 0.6 is 0 Å². The summed E-state index contributed by atoms with van der Waals surface area (Å²) in [6.07, 6.45) is 2.07. The van der Waals surface area contributed by atoms with Gasteiger partial charge in [0.25, 0.3) is 0 Å². The maximum Gasteiger partial charge on any atom is 0.337 e. The van der Waals surface area contributed by atoms with Crippen molar-refractivity contribution in [2.45, 2.75) is 26.2 Å². The Kier molecular flexibility index (Phi) is 5.17. The molecule has 0 aliphatic heterocycles. The van der Waals surface area contributed by atoms with Gasteiger partial charge in [-0.3, -0.25) is 4.79 Å². The first-order valence-electron chi connectivity index (χ1n) is 5.79. The molecule has 0 aliphatic carbocycles. The van der Waals surface area contributed by atoms with Crippen LogP contribution in [0, 0.1) is 0 Å². The molecule has 0 spiro atoms. The maximum atomic E-state index is 11.6. The monoisotopic (exact) mass is 251 g/mol. The Hall–Kier alpha value is -2.04. The van der Waals surface area contributed by atoms with Gasteiger partial charge in [-0.1, -0.05) is 13.3 Å². The van der Waals surface area contributed by atoms with Gasteiger partial charge in [-0.05, 0) is 18.6 Å². The first-order chi connectivity index (χ1) is 8.58. The Balaban J connectivity index is 2.90. The SMILES string of the molecule is CCCCC(=O)Nc1cc(OC)ccc1C(=O)O. The Morgan fingerprint density at radius 2 is 2.11 bits per heavy atom. The molecule has 5 nitrogen and oxygen atoms in total. The molecule has 18 heavy (non-hydrogen) atoms. The van der Waals surface area contributed by atoms with E-state index in [9.17, 15) is 9.59 Å². The van der Waals surface area contributed by atoms with Crippen molar-refractivity contribution in [1.82, 2.24) is 0 Å². The molecule has 0 heterocycles. The molecule has 0 bridgehead atoms. The topological polar surface area (TPSA) is 75.6 Å². The van der Waals surface area contributed by atoms with Gasteiger partial charge in [0.2, 0.25) is 5.91 Å². The van der Waals surface area contributed by atoms with Gasteiger partial charge in [0.05, 0.1) is 18.4 Å². The fraction of sp³-hybridized carbons (Fsp3) is 0.385. The van der Waals surface area contributed by atoms with Gasteiger partial charge in [0.15, 0.2) is 0 Å². The maximum absolute atomic E-state index is 11.6. The van der Waals surface area contributed by atoms with E-state index in [1.807, 2.05) is 6.92 Å². The zero-order chi connectivity index (χ0) is 13.5. The van der Waals surface area contributed by atoms with E-state index in [4.69, 9.17) is 9.84 Å². The first-order valence-corrected chi connectivity index (χ1v) is 5.79. The number of rotatable bonds is 6. The second-order valence-corrected chi connectivity index (χ2v) is 3.87. The highest BCUT2D eigenvalue weighted by atomic mass is 16.5. The molecule has 0 saturated carbocycles. The molecule has 1 amide bonds. The van der Waals surface area contributed by atoms with E-state index in [0.717, 1.165) is 12.8 Å². The highest BCUT2D eigenvalue weighted by molar-refractivity contribution is 6.00. The van der Waals surface area contributed by atoms with E-state index in [1.165, 1.54) is 19.2 Å². The highest BCUT2D eigenvalue weighted by Gasteiger charge is 2.13. The van der Waals surface area contributed by atoms with Crippen molar-refractivity contribution in [3.63, 3.8) is 0 Å². The number of ether oxygens (including phenoxy) is 1. The third-order valence-corrected chi connectivity index (χ3v) is 2.49. The van der Waals surface area contributed by atoms with Crippen LogP contribution in [-0.4, -0.2) is 24.1 Å². The Morgan fingerprint density at radius 1 is 1.39 bits per heavy atom. The smallest absolute Gasteiger partial charge is 0.337 e. The number of amides is 1. The average molecular weight is 251 g/mol. The number of benzene rings is 1. The van der Waals surface area contributed by atoms with Gasteiger partial charge in [0.1, 0.15) is 5.75 Å². The number of carbonyl (C=O) groups excluding carboxylic acids is 1. The predicted octanol–water partition coefficient (Wildman–Crippen LogP) is 2.52. The number of anilines is 1. The van der Waals surface area contributed by atoms with Crippen molar-refractivity contribution in [3.8, 4) is 5.75 Å². The van der Waals surface area contributed by atoms with Crippen LogP contribution in [0.5, 0.6) is 5.75 Å². The predicted molar refractivity (Wildman–Crippen MR) is 68.1 cm³/mol. The van der Waals surface area contributed by atoms with E-state index >= 15 is 0 Å². The fourth-order valence-electron chi connectivity index (χ4n) is 1.49. The summed E-state index contributed by atoms with van der Waals surface area (Å²) in [5, 5.41) is 11.6. The second kappa shape index (κ2) is 6.64. The summed E-state index contributed by atoms with van der Waals surface area (Å²) in [6.45, 7) is 1.99. The van der Waals surface area contributed by atoms with Gasteiger partial charge >= 0.3 is 5.97 Å². The lowest BCUT2D eigenvalue weighted by atomic mass is 10.1. The van der Waals surface area contributed by atoms with Gasteiger partial charge in [0, 0.05) is 12.5 Å². The van der Waals surface area contributed by atoms with E-state index in [2.05, 4.69) is 5.32 Å². The van der Waals surface area contributed by atoms with Gasteiger partial charge in [-0.25, -0.2) is 4.79 Å². The van der Waals surface area contributed by atoms with Crippen LogP contribution in [0.1, 0.15) is 36.5 Å². The molecule has 0 aliphatic rings. The number of unbranched alkanes of at least 4 members (excludes halogenated alkanes) is 1. The number of methoxy groups -OCH3 is 1. The quantitative estimate of drug-likeness (QED) is 0.814. The molecule has 1 rings (SSSR count). The molecule has 98 valence electrons. The first kappa shape index (κ1) is 14.0. The molecule has 0 atom stereocenters. The van der Waals surface area contributed by atoms with Crippen LogP contribution in [0.15, 0.2) is 18.2 Å². The summed E-state index contributed by atoms with van der Waals surface area (Å²) < 4.78 is 5.01. The number of aromatic carboxylic acids is 1. The van der Waals surface area contributed by atoms with Crippen molar-refractivity contribution in [3.05, 3.63) is 23.8 Å². The number of hydrogen-bond acceptors (Lipinski definition) is 3. The summed E-state index contributed by atoms with van der Waals surface area (Å²) >= 11 is 0. The van der Waals surface area contributed by atoms with Crippen LogP contribution in [0.4, 0.5) is 5.69 Å². The van der Waals surface area contributed by atoms with Crippen LogP contribution in [0.25, 0.3) is 0 Å².